The summed E-state index contributed by atoms with van der Waals surface area (Å²) in [7, 11) is 2.11. The predicted molar refractivity (Wildman–Crippen MR) is 103 cm³/mol. The molecule has 1 fully saturated rings. The van der Waals surface area contributed by atoms with Crippen LogP contribution in [0.2, 0.25) is 0 Å². The second-order valence-electron chi connectivity index (χ2n) is 7.46. The van der Waals surface area contributed by atoms with Crippen molar-refractivity contribution in [2.24, 2.45) is 0 Å². The molecule has 1 aliphatic heterocycles. The topological polar surface area (TPSA) is 28.5 Å². The highest BCUT2D eigenvalue weighted by atomic mass is 16.2. The minimum absolute atomic E-state index is 0.159. The molecule has 134 valence electrons. The molecule has 0 saturated carbocycles. The van der Waals surface area contributed by atoms with E-state index in [9.17, 15) is 4.79 Å². The Labute approximate surface area is 151 Å². The Morgan fingerprint density at radius 2 is 1.60 bits per heavy atom. The van der Waals surface area contributed by atoms with Crippen LogP contribution in [0.3, 0.4) is 0 Å². The van der Waals surface area contributed by atoms with Gasteiger partial charge in [-0.1, -0.05) is 26.0 Å². The third-order valence-corrected chi connectivity index (χ3v) is 5.27. The molecule has 0 bridgehead atoms. The van der Waals surface area contributed by atoms with E-state index in [1.54, 1.807) is 0 Å². The van der Waals surface area contributed by atoms with E-state index in [1.807, 2.05) is 17.9 Å². The van der Waals surface area contributed by atoms with Crippen molar-refractivity contribution in [2.75, 3.05) is 33.2 Å². The molecule has 0 N–H and O–H groups in total. The zero-order chi connectivity index (χ0) is 18.1. The van der Waals surface area contributed by atoms with Crippen LogP contribution in [0.15, 0.2) is 30.3 Å². The van der Waals surface area contributed by atoms with Crippen molar-refractivity contribution in [3.05, 3.63) is 52.8 Å². The maximum Gasteiger partial charge on any atom is 0.255 e. The quantitative estimate of drug-likeness (QED) is 0.855. The van der Waals surface area contributed by atoms with Crippen LogP contribution in [0.25, 0.3) is 5.69 Å². The van der Waals surface area contributed by atoms with Crippen molar-refractivity contribution < 1.29 is 4.79 Å². The number of hydrogen-bond donors (Lipinski definition) is 0. The van der Waals surface area contributed by atoms with Crippen molar-refractivity contribution in [3.8, 4) is 5.69 Å². The van der Waals surface area contributed by atoms with Gasteiger partial charge in [0, 0.05) is 43.3 Å². The summed E-state index contributed by atoms with van der Waals surface area (Å²) in [5, 5.41) is 0. The molecule has 1 saturated heterocycles. The van der Waals surface area contributed by atoms with Gasteiger partial charge in [-0.05, 0) is 50.6 Å². The van der Waals surface area contributed by atoms with E-state index in [1.165, 1.54) is 5.56 Å². The molecule has 1 aromatic carbocycles. The standard InChI is InChI=1S/C21H29N3O/c1-15(2)18-6-8-19(9-7-18)24-16(3)14-20(17(24)4)21(25)23-12-10-22(5)11-13-23/h6-9,14-15H,10-13H2,1-5H3. The summed E-state index contributed by atoms with van der Waals surface area (Å²) in [6.07, 6.45) is 0. The zero-order valence-corrected chi connectivity index (χ0v) is 16.0. The Bertz CT molecular complexity index is 750. The molecule has 1 aliphatic rings. The number of rotatable bonds is 3. The van der Waals surface area contributed by atoms with Crippen LogP contribution in [0.1, 0.15) is 47.1 Å². The van der Waals surface area contributed by atoms with E-state index in [0.29, 0.717) is 5.92 Å². The van der Waals surface area contributed by atoms with Crippen molar-refractivity contribution in [2.45, 2.75) is 33.6 Å². The van der Waals surface area contributed by atoms with Crippen molar-refractivity contribution >= 4 is 5.91 Å². The molecular weight excluding hydrogens is 310 g/mol. The Hall–Kier alpha value is -2.07. The highest BCUT2D eigenvalue weighted by molar-refractivity contribution is 5.96. The number of aromatic nitrogens is 1. The Kier molecular flexibility index (Phi) is 5.00. The van der Waals surface area contributed by atoms with E-state index in [2.05, 4.69) is 61.6 Å². The van der Waals surface area contributed by atoms with Gasteiger partial charge >= 0.3 is 0 Å². The first-order valence-corrected chi connectivity index (χ1v) is 9.15. The van der Waals surface area contributed by atoms with Gasteiger partial charge in [0.2, 0.25) is 0 Å². The van der Waals surface area contributed by atoms with E-state index in [-0.39, 0.29) is 5.91 Å². The van der Waals surface area contributed by atoms with Gasteiger partial charge in [0.15, 0.2) is 0 Å². The third kappa shape index (κ3) is 3.49. The highest BCUT2D eigenvalue weighted by Crippen LogP contribution is 2.24. The lowest BCUT2D eigenvalue weighted by Crippen LogP contribution is -2.47. The lowest BCUT2D eigenvalue weighted by atomic mass is 10.0. The van der Waals surface area contributed by atoms with Crippen LogP contribution >= 0.6 is 0 Å². The molecule has 1 aromatic heterocycles. The van der Waals surface area contributed by atoms with Crippen molar-refractivity contribution in [1.29, 1.82) is 0 Å². The molecule has 1 amide bonds. The number of carbonyl (C=O) groups excluding carboxylic acids is 1. The predicted octanol–water partition coefficient (Wildman–Crippen LogP) is 3.61. The number of nitrogens with zero attached hydrogens (tertiary/aromatic N) is 3. The molecular formula is C21H29N3O. The average Bonchev–Trinajstić information content (AvgIpc) is 2.89. The van der Waals surface area contributed by atoms with Crippen LogP contribution in [0, 0.1) is 13.8 Å². The lowest BCUT2D eigenvalue weighted by molar-refractivity contribution is 0.0663. The van der Waals surface area contributed by atoms with Gasteiger partial charge in [0.25, 0.3) is 5.91 Å². The molecule has 4 nitrogen and oxygen atoms in total. The monoisotopic (exact) mass is 339 g/mol. The molecule has 0 atom stereocenters. The molecule has 2 heterocycles. The second-order valence-corrected chi connectivity index (χ2v) is 7.46. The molecule has 2 aromatic rings. The molecule has 3 rings (SSSR count). The minimum atomic E-state index is 0.159. The van der Waals surface area contributed by atoms with Gasteiger partial charge in [0.1, 0.15) is 0 Å². The zero-order valence-electron chi connectivity index (χ0n) is 16.0. The molecule has 4 heteroatoms. The molecule has 0 unspecified atom stereocenters. The van der Waals surface area contributed by atoms with Gasteiger partial charge < -0.3 is 14.4 Å². The summed E-state index contributed by atoms with van der Waals surface area (Å²) in [6, 6.07) is 10.7. The Morgan fingerprint density at radius 3 is 2.16 bits per heavy atom. The largest absolute Gasteiger partial charge is 0.336 e. The van der Waals surface area contributed by atoms with E-state index in [4.69, 9.17) is 0 Å². The maximum atomic E-state index is 13.0. The van der Waals surface area contributed by atoms with E-state index < -0.39 is 0 Å². The summed E-state index contributed by atoms with van der Waals surface area (Å²) in [6.45, 7) is 12.0. The average molecular weight is 339 g/mol. The third-order valence-electron chi connectivity index (χ3n) is 5.27. The van der Waals surface area contributed by atoms with Gasteiger partial charge in [-0.2, -0.15) is 0 Å². The number of piperazine rings is 1. The van der Waals surface area contributed by atoms with Crippen molar-refractivity contribution in [3.63, 3.8) is 0 Å². The number of amides is 1. The first kappa shape index (κ1) is 17.7. The fourth-order valence-electron chi connectivity index (χ4n) is 3.56. The summed E-state index contributed by atoms with van der Waals surface area (Å²) in [5.74, 6) is 0.682. The first-order valence-electron chi connectivity index (χ1n) is 9.15. The van der Waals surface area contributed by atoms with Crippen LogP contribution in [-0.4, -0.2) is 53.5 Å². The Balaban J connectivity index is 1.89. The van der Waals surface area contributed by atoms with Crippen molar-refractivity contribution in [1.82, 2.24) is 14.4 Å². The number of aryl methyl sites for hydroxylation is 1. The van der Waals surface area contributed by atoms with E-state index in [0.717, 1.165) is 48.8 Å². The maximum absolute atomic E-state index is 13.0. The summed E-state index contributed by atoms with van der Waals surface area (Å²) < 4.78 is 2.19. The minimum Gasteiger partial charge on any atom is -0.336 e. The van der Waals surface area contributed by atoms with Gasteiger partial charge in [-0.15, -0.1) is 0 Å². The number of hydrogen-bond acceptors (Lipinski definition) is 2. The molecule has 0 radical (unpaired) electrons. The first-order chi connectivity index (χ1) is 11.9. The van der Waals surface area contributed by atoms with Gasteiger partial charge in [0.05, 0.1) is 5.56 Å². The molecule has 0 aliphatic carbocycles. The number of likely N-dealkylation sites (N-methyl/N-ethyl adjacent to an activating group) is 1. The van der Waals surface area contributed by atoms with Crippen LogP contribution in [0.5, 0.6) is 0 Å². The van der Waals surface area contributed by atoms with E-state index >= 15 is 0 Å². The molecule has 0 spiro atoms. The van der Waals surface area contributed by atoms with Crippen LogP contribution in [-0.2, 0) is 0 Å². The van der Waals surface area contributed by atoms with Crippen LogP contribution < -0.4 is 0 Å². The number of benzene rings is 1. The fourth-order valence-corrected chi connectivity index (χ4v) is 3.56. The summed E-state index contributed by atoms with van der Waals surface area (Å²) in [4.78, 5) is 17.2. The summed E-state index contributed by atoms with van der Waals surface area (Å²) in [5.41, 5.74) is 5.41. The normalized spacial score (nSPS) is 15.8. The lowest BCUT2D eigenvalue weighted by Gasteiger charge is -2.32. The smallest absolute Gasteiger partial charge is 0.255 e. The van der Waals surface area contributed by atoms with Gasteiger partial charge in [-0.25, -0.2) is 0 Å². The second kappa shape index (κ2) is 7.04. The van der Waals surface area contributed by atoms with Gasteiger partial charge in [-0.3, -0.25) is 4.79 Å². The number of carbonyl (C=O) groups is 1. The van der Waals surface area contributed by atoms with Crippen LogP contribution in [0.4, 0.5) is 0 Å². The Morgan fingerprint density at radius 1 is 1.00 bits per heavy atom. The highest BCUT2D eigenvalue weighted by Gasteiger charge is 2.24. The molecule has 25 heavy (non-hydrogen) atoms. The fraction of sp³-hybridized carbons (Fsp3) is 0.476. The summed E-state index contributed by atoms with van der Waals surface area (Å²) >= 11 is 0. The SMILES string of the molecule is Cc1cc(C(=O)N2CCN(C)CC2)c(C)n1-c1ccc(C(C)C)cc1.